The van der Waals surface area contributed by atoms with Gasteiger partial charge in [0.05, 0.1) is 10.8 Å². The molecule has 3 aromatic rings. The molecule has 6 nitrogen and oxygen atoms in total. The largest absolute Gasteiger partial charge is 0.357 e. The monoisotopic (exact) mass is 365 g/mol. The lowest BCUT2D eigenvalue weighted by Crippen LogP contribution is -1.99. The molecule has 1 fully saturated rings. The van der Waals surface area contributed by atoms with Crippen LogP contribution in [0.2, 0.25) is 5.02 Å². The number of nitrogens with zero attached hydrogens (tertiary/aromatic N) is 4. The van der Waals surface area contributed by atoms with Gasteiger partial charge in [-0.1, -0.05) is 52.0 Å². The number of nitrogens with one attached hydrogen (secondary N) is 1. The molecule has 2 aromatic heterocycles. The molecule has 4 rings (SSSR count). The molecule has 1 aliphatic carbocycles. The summed E-state index contributed by atoms with van der Waals surface area (Å²) in [6.07, 6.45) is 2.43. The number of hydrogen-bond acceptors (Lipinski definition) is 8. The third-order valence-corrected chi connectivity index (χ3v) is 5.52. The fraction of sp³-hybridized carbons (Fsp3) is 0.286. The summed E-state index contributed by atoms with van der Waals surface area (Å²) in [5.41, 5.74) is 0.765. The van der Waals surface area contributed by atoms with Crippen LogP contribution in [0, 0.1) is 0 Å². The van der Waals surface area contributed by atoms with Crippen molar-refractivity contribution in [3.8, 4) is 11.4 Å². The lowest BCUT2D eigenvalue weighted by molar-refractivity contribution is 0.391. The Balaban J connectivity index is 1.39. The molecule has 0 amide bonds. The highest BCUT2D eigenvalue weighted by Crippen LogP contribution is 2.32. The summed E-state index contributed by atoms with van der Waals surface area (Å²) in [7, 11) is 0. The molecule has 0 atom stereocenters. The summed E-state index contributed by atoms with van der Waals surface area (Å²) in [5.74, 6) is 1.59. The Hall–Kier alpha value is -1.64. The van der Waals surface area contributed by atoms with Crippen molar-refractivity contribution < 1.29 is 4.52 Å². The predicted octanol–water partition coefficient (Wildman–Crippen LogP) is 4.11. The van der Waals surface area contributed by atoms with Crippen molar-refractivity contribution in [1.82, 2.24) is 20.3 Å². The van der Waals surface area contributed by atoms with Gasteiger partial charge in [-0.15, -0.1) is 10.2 Å². The second-order valence-electron chi connectivity index (χ2n) is 5.07. The van der Waals surface area contributed by atoms with Gasteiger partial charge in [-0.2, -0.15) is 4.98 Å². The molecule has 0 spiro atoms. The minimum Gasteiger partial charge on any atom is -0.357 e. The van der Waals surface area contributed by atoms with Gasteiger partial charge in [0.15, 0.2) is 4.34 Å². The van der Waals surface area contributed by atoms with Crippen LogP contribution in [0.4, 0.5) is 5.13 Å². The third kappa shape index (κ3) is 3.65. The van der Waals surface area contributed by atoms with Crippen LogP contribution in [0.25, 0.3) is 11.4 Å². The molecule has 2 heterocycles. The predicted molar refractivity (Wildman–Crippen MR) is 90.9 cm³/mol. The number of rotatable bonds is 6. The summed E-state index contributed by atoms with van der Waals surface area (Å²) in [6, 6.07) is 8.00. The first kappa shape index (κ1) is 14.9. The number of hydrogen-bond donors (Lipinski definition) is 1. The number of thioether (sulfide) groups is 1. The maximum atomic E-state index is 6.14. The summed E-state index contributed by atoms with van der Waals surface area (Å²) >= 11 is 9.21. The maximum absolute atomic E-state index is 6.14. The van der Waals surface area contributed by atoms with E-state index in [2.05, 4.69) is 25.7 Å². The fourth-order valence-electron chi connectivity index (χ4n) is 1.92. The molecule has 118 valence electrons. The van der Waals surface area contributed by atoms with Gasteiger partial charge in [-0.25, -0.2) is 0 Å². The van der Waals surface area contributed by atoms with Crippen LogP contribution in [0.5, 0.6) is 0 Å². The van der Waals surface area contributed by atoms with E-state index < -0.39 is 0 Å². The Kier molecular flexibility index (Phi) is 4.19. The fourth-order valence-corrected chi connectivity index (χ4v) is 3.80. The van der Waals surface area contributed by atoms with E-state index in [9.17, 15) is 0 Å². The van der Waals surface area contributed by atoms with Crippen LogP contribution >= 0.6 is 34.7 Å². The molecule has 0 radical (unpaired) electrons. The molecule has 1 aromatic carbocycles. The molecule has 9 heteroatoms. The second kappa shape index (κ2) is 6.46. The van der Waals surface area contributed by atoms with Crippen molar-refractivity contribution >= 4 is 39.8 Å². The Morgan fingerprint density at radius 3 is 3.00 bits per heavy atom. The van der Waals surface area contributed by atoms with Gasteiger partial charge >= 0.3 is 0 Å². The Bertz CT molecular complexity index is 817. The zero-order chi connectivity index (χ0) is 15.6. The Morgan fingerprint density at radius 2 is 2.17 bits per heavy atom. The van der Waals surface area contributed by atoms with Gasteiger partial charge in [-0.3, -0.25) is 0 Å². The van der Waals surface area contributed by atoms with Crippen LogP contribution in [0.15, 0.2) is 33.1 Å². The molecular formula is C14H12ClN5OS2. The summed E-state index contributed by atoms with van der Waals surface area (Å²) < 4.78 is 6.16. The molecule has 1 saturated carbocycles. The average molecular weight is 366 g/mol. The summed E-state index contributed by atoms with van der Waals surface area (Å²) in [4.78, 5) is 4.38. The van der Waals surface area contributed by atoms with E-state index in [0.717, 1.165) is 15.0 Å². The van der Waals surface area contributed by atoms with Gasteiger partial charge in [-0.05, 0) is 25.0 Å². The minimum absolute atomic E-state index is 0.500. The lowest BCUT2D eigenvalue weighted by atomic mass is 10.2. The van der Waals surface area contributed by atoms with Gasteiger partial charge in [0, 0.05) is 11.6 Å². The quantitative estimate of drug-likeness (QED) is 0.658. The van der Waals surface area contributed by atoms with Crippen LogP contribution in [0.1, 0.15) is 18.7 Å². The van der Waals surface area contributed by atoms with Gasteiger partial charge in [0.1, 0.15) is 0 Å². The van der Waals surface area contributed by atoms with Crippen LogP contribution in [0.3, 0.4) is 0 Å². The van der Waals surface area contributed by atoms with E-state index in [0.29, 0.717) is 28.5 Å². The SMILES string of the molecule is Clc1ccccc1-c1noc(CSc2nnc(NC3CC3)s2)n1. The Labute approximate surface area is 145 Å². The van der Waals surface area contributed by atoms with Crippen LogP contribution in [-0.4, -0.2) is 26.4 Å². The van der Waals surface area contributed by atoms with Gasteiger partial charge in [0.25, 0.3) is 0 Å². The van der Waals surface area contributed by atoms with Crippen molar-refractivity contribution in [2.75, 3.05) is 5.32 Å². The van der Waals surface area contributed by atoms with E-state index in [1.165, 1.54) is 24.6 Å². The maximum Gasteiger partial charge on any atom is 0.237 e. The van der Waals surface area contributed by atoms with E-state index in [4.69, 9.17) is 16.1 Å². The highest BCUT2D eigenvalue weighted by molar-refractivity contribution is 8.00. The summed E-state index contributed by atoms with van der Waals surface area (Å²) in [6.45, 7) is 0. The van der Waals surface area contributed by atoms with Gasteiger partial charge < -0.3 is 9.84 Å². The first-order chi connectivity index (χ1) is 11.3. The normalized spacial score (nSPS) is 14.1. The third-order valence-electron chi connectivity index (χ3n) is 3.21. The van der Waals surface area contributed by atoms with Crippen molar-refractivity contribution in [3.63, 3.8) is 0 Å². The first-order valence-corrected chi connectivity index (χ1v) is 9.26. The first-order valence-electron chi connectivity index (χ1n) is 7.08. The summed E-state index contributed by atoms with van der Waals surface area (Å²) in [5, 5.41) is 17.1. The Morgan fingerprint density at radius 1 is 1.30 bits per heavy atom. The topological polar surface area (TPSA) is 76.7 Å². The highest BCUT2D eigenvalue weighted by Gasteiger charge is 2.22. The van der Waals surface area contributed by atoms with Crippen LogP contribution < -0.4 is 5.32 Å². The van der Waals surface area contributed by atoms with E-state index in [1.54, 1.807) is 17.4 Å². The average Bonchev–Trinajstić information content (AvgIpc) is 3.07. The molecule has 0 saturated heterocycles. The molecular weight excluding hydrogens is 354 g/mol. The molecule has 1 aliphatic rings. The van der Waals surface area contributed by atoms with Crippen molar-refractivity contribution in [2.24, 2.45) is 0 Å². The zero-order valence-electron chi connectivity index (χ0n) is 11.9. The van der Waals surface area contributed by atoms with E-state index in [-0.39, 0.29) is 0 Å². The number of anilines is 1. The molecule has 0 unspecified atom stereocenters. The lowest BCUT2D eigenvalue weighted by Gasteiger charge is -1.96. The van der Waals surface area contributed by atoms with E-state index >= 15 is 0 Å². The van der Waals surface area contributed by atoms with Crippen molar-refractivity contribution in [1.29, 1.82) is 0 Å². The number of aromatic nitrogens is 4. The molecule has 23 heavy (non-hydrogen) atoms. The van der Waals surface area contributed by atoms with Gasteiger partial charge in [0.2, 0.25) is 16.8 Å². The minimum atomic E-state index is 0.500. The van der Waals surface area contributed by atoms with E-state index in [1.807, 2.05) is 18.2 Å². The van der Waals surface area contributed by atoms with Crippen molar-refractivity contribution in [2.45, 2.75) is 29.0 Å². The standard InChI is InChI=1S/C14H12ClN5OS2/c15-10-4-2-1-3-9(10)12-17-11(21-20-12)7-22-14-19-18-13(23-14)16-8-5-6-8/h1-4,8H,5-7H2,(H,16,18). The number of halogens is 1. The van der Waals surface area contributed by atoms with Crippen LogP contribution in [-0.2, 0) is 5.75 Å². The molecule has 0 aliphatic heterocycles. The highest BCUT2D eigenvalue weighted by atomic mass is 35.5. The smallest absolute Gasteiger partial charge is 0.237 e. The molecule has 1 N–H and O–H groups in total. The van der Waals surface area contributed by atoms with Crippen molar-refractivity contribution in [3.05, 3.63) is 35.2 Å². The number of benzene rings is 1. The molecule has 0 bridgehead atoms. The second-order valence-corrected chi connectivity index (χ2v) is 7.68. The zero-order valence-corrected chi connectivity index (χ0v) is 14.3.